The van der Waals surface area contributed by atoms with E-state index in [0.29, 0.717) is 11.1 Å². The van der Waals surface area contributed by atoms with Gasteiger partial charge in [-0.25, -0.2) is 0 Å². The molecule has 0 spiro atoms. The first-order chi connectivity index (χ1) is 9.06. The summed E-state index contributed by atoms with van der Waals surface area (Å²) >= 11 is 0. The molecular weight excluding hydrogens is 244 g/mol. The van der Waals surface area contributed by atoms with Crippen LogP contribution in [0.25, 0.3) is 6.08 Å². The van der Waals surface area contributed by atoms with Gasteiger partial charge < -0.3 is 15.0 Å². The topological polar surface area (TPSA) is 74.6 Å². The molecule has 0 aliphatic rings. The standard InChI is InChI=1S/C15H18O4/c1-11(18)2-6-15(19)7-4-12-3-5-13(9-16)14(8-12)10-17/h3-5,7-8,16-17H,2,6,9-10H2,1H3. The fourth-order valence-electron chi connectivity index (χ4n) is 1.62. The molecule has 1 rings (SSSR count). The molecule has 0 atom stereocenters. The van der Waals surface area contributed by atoms with Gasteiger partial charge in [0.2, 0.25) is 0 Å². The molecular formula is C15H18O4. The van der Waals surface area contributed by atoms with E-state index in [4.69, 9.17) is 10.2 Å². The molecule has 4 heteroatoms. The molecule has 0 saturated heterocycles. The lowest BCUT2D eigenvalue weighted by Gasteiger charge is -2.05. The van der Waals surface area contributed by atoms with Crippen molar-refractivity contribution in [3.63, 3.8) is 0 Å². The number of benzene rings is 1. The minimum Gasteiger partial charge on any atom is -0.392 e. The van der Waals surface area contributed by atoms with Gasteiger partial charge in [-0.1, -0.05) is 18.2 Å². The van der Waals surface area contributed by atoms with Gasteiger partial charge in [-0.15, -0.1) is 0 Å². The lowest BCUT2D eigenvalue weighted by Crippen LogP contribution is -1.98. The van der Waals surface area contributed by atoms with E-state index in [1.165, 1.54) is 13.0 Å². The van der Waals surface area contributed by atoms with E-state index in [2.05, 4.69) is 0 Å². The van der Waals surface area contributed by atoms with Crippen LogP contribution in [-0.2, 0) is 22.8 Å². The maximum atomic E-state index is 11.5. The summed E-state index contributed by atoms with van der Waals surface area (Å²) in [5.74, 6) is -0.108. The van der Waals surface area contributed by atoms with Crippen LogP contribution in [-0.4, -0.2) is 21.8 Å². The summed E-state index contributed by atoms with van der Waals surface area (Å²) in [4.78, 5) is 22.2. The normalized spacial score (nSPS) is 10.9. The van der Waals surface area contributed by atoms with Gasteiger partial charge in [0.15, 0.2) is 5.78 Å². The molecule has 0 aliphatic carbocycles. The van der Waals surface area contributed by atoms with Gasteiger partial charge in [0, 0.05) is 12.8 Å². The van der Waals surface area contributed by atoms with Gasteiger partial charge in [-0.05, 0) is 35.8 Å². The summed E-state index contributed by atoms with van der Waals surface area (Å²) in [6, 6.07) is 5.20. The minimum absolute atomic E-state index is 0.00313. The van der Waals surface area contributed by atoms with E-state index in [0.717, 1.165) is 5.56 Å². The van der Waals surface area contributed by atoms with E-state index in [-0.39, 0.29) is 37.6 Å². The Balaban J connectivity index is 2.71. The number of carbonyl (C=O) groups excluding carboxylic acids is 2. The van der Waals surface area contributed by atoms with Crippen LogP contribution >= 0.6 is 0 Å². The van der Waals surface area contributed by atoms with Crippen molar-refractivity contribution in [3.8, 4) is 0 Å². The fraction of sp³-hybridized carbons (Fsp3) is 0.333. The van der Waals surface area contributed by atoms with Gasteiger partial charge in [0.25, 0.3) is 0 Å². The smallest absolute Gasteiger partial charge is 0.156 e. The van der Waals surface area contributed by atoms with Gasteiger partial charge in [0.1, 0.15) is 5.78 Å². The predicted molar refractivity (Wildman–Crippen MR) is 72.2 cm³/mol. The highest BCUT2D eigenvalue weighted by atomic mass is 16.3. The molecule has 0 aromatic heterocycles. The largest absolute Gasteiger partial charge is 0.392 e. The fourth-order valence-corrected chi connectivity index (χ4v) is 1.62. The Hall–Kier alpha value is -1.78. The monoisotopic (exact) mass is 262 g/mol. The Labute approximate surface area is 112 Å². The number of aliphatic hydroxyl groups excluding tert-OH is 2. The second-order valence-electron chi connectivity index (χ2n) is 4.35. The molecule has 0 fully saturated rings. The number of ketones is 2. The average molecular weight is 262 g/mol. The number of allylic oxidation sites excluding steroid dienone is 1. The van der Waals surface area contributed by atoms with Crippen molar-refractivity contribution in [1.29, 1.82) is 0 Å². The summed E-state index contributed by atoms with van der Waals surface area (Å²) in [5, 5.41) is 18.2. The number of rotatable bonds is 7. The summed E-state index contributed by atoms with van der Waals surface area (Å²) < 4.78 is 0. The van der Waals surface area contributed by atoms with Crippen LogP contribution in [0.4, 0.5) is 0 Å². The van der Waals surface area contributed by atoms with Crippen molar-refractivity contribution >= 4 is 17.6 Å². The van der Waals surface area contributed by atoms with Crippen LogP contribution in [0, 0.1) is 0 Å². The van der Waals surface area contributed by atoms with Crippen LogP contribution in [0.3, 0.4) is 0 Å². The lowest BCUT2D eigenvalue weighted by molar-refractivity contribution is -0.120. The first kappa shape index (κ1) is 15.3. The third-order valence-electron chi connectivity index (χ3n) is 2.76. The molecule has 1 aromatic carbocycles. The molecule has 0 radical (unpaired) electrons. The first-order valence-corrected chi connectivity index (χ1v) is 6.10. The third-order valence-corrected chi connectivity index (χ3v) is 2.76. The molecule has 19 heavy (non-hydrogen) atoms. The second-order valence-corrected chi connectivity index (χ2v) is 4.35. The molecule has 0 unspecified atom stereocenters. The Bertz CT molecular complexity index is 489. The maximum Gasteiger partial charge on any atom is 0.156 e. The Kier molecular flexibility index (Phi) is 6.12. The van der Waals surface area contributed by atoms with Gasteiger partial charge in [-0.2, -0.15) is 0 Å². The molecule has 2 N–H and O–H groups in total. The van der Waals surface area contributed by atoms with Crippen molar-refractivity contribution in [2.45, 2.75) is 33.0 Å². The van der Waals surface area contributed by atoms with E-state index in [9.17, 15) is 9.59 Å². The van der Waals surface area contributed by atoms with Crippen LogP contribution in [0.2, 0.25) is 0 Å². The van der Waals surface area contributed by atoms with E-state index in [1.807, 2.05) is 0 Å². The third kappa shape index (κ3) is 5.16. The van der Waals surface area contributed by atoms with Crippen LogP contribution in [0.5, 0.6) is 0 Å². The zero-order chi connectivity index (χ0) is 14.3. The zero-order valence-electron chi connectivity index (χ0n) is 10.9. The van der Waals surface area contributed by atoms with Gasteiger partial charge >= 0.3 is 0 Å². The Morgan fingerprint density at radius 1 is 1.11 bits per heavy atom. The van der Waals surface area contributed by atoms with Gasteiger partial charge in [0.05, 0.1) is 13.2 Å². The SMILES string of the molecule is CC(=O)CCC(=O)C=Cc1ccc(CO)c(CO)c1. The summed E-state index contributed by atoms with van der Waals surface area (Å²) in [6.45, 7) is 1.17. The lowest BCUT2D eigenvalue weighted by atomic mass is 10.0. The highest BCUT2D eigenvalue weighted by molar-refractivity contribution is 5.95. The first-order valence-electron chi connectivity index (χ1n) is 6.10. The highest BCUT2D eigenvalue weighted by Gasteiger charge is 2.02. The number of hydrogen-bond donors (Lipinski definition) is 2. The molecule has 102 valence electrons. The number of aliphatic hydroxyl groups is 2. The quantitative estimate of drug-likeness (QED) is 0.732. The van der Waals surface area contributed by atoms with Gasteiger partial charge in [-0.3, -0.25) is 4.79 Å². The molecule has 0 bridgehead atoms. The van der Waals surface area contributed by atoms with Crippen molar-refractivity contribution < 1.29 is 19.8 Å². The van der Waals surface area contributed by atoms with Crippen LogP contribution < -0.4 is 0 Å². The highest BCUT2D eigenvalue weighted by Crippen LogP contribution is 2.14. The second kappa shape index (κ2) is 7.61. The number of Topliss-reactive ketones (excluding diaryl/α,β-unsaturated/α-hetero) is 1. The molecule has 0 heterocycles. The number of hydrogen-bond acceptors (Lipinski definition) is 4. The Morgan fingerprint density at radius 2 is 1.79 bits per heavy atom. The van der Waals surface area contributed by atoms with E-state index >= 15 is 0 Å². The number of carbonyl (C=O) groups is 2. The van der Waals surface area contributed by atoms with Crippen molar-refractivity contribution in [2.75, 3.05) is 0 Å². The van der Waals surface area contributed by atoms with Crippen molar-refractivity contribution in [2.24, 2.45) is 0 Å². The molecule has 0 amide bonds. The molecule has 0 saturated carbocycles. The maximum absolute atomic E-state index is 11.5. The van der Waals surface area contributed by atoms with E-state index in [1.54, 1.807) is 24.3 Å². The molecule has 0 aliphatic heterocycles. The molecule has 4 nitrogen and oxygen atoms in total. The summed E-state index contributed by atoms with van der Waals surface area (Å²) in [6.07, 6.45) is 3.54. The van der Waals surface area contributed by atoms with Crippen molar-refractivity contribution in [3.05, 3.63) is 41.0 Å². The average Bonchev–Trinajstić information content (AvgIpc) is 2.42. The predicted octanol–water partition coefficient (Wildman–Crippen LogP) is 1.62. The minimum atomic E-state index is -0.157. The molecule has 1 aromatic rings. The zero-order valence-corrected chi connectivity index (χ0v) is 10.9. The van der Waals surface area contributed by atoms with Crippen molar-refractivity contribution in [1.82, 2.24) is 0 Å². The Morgan fingerprint density at radius 3 is 2.37 bits per heavy atom. The summed E-state index contributed by atoms with van der Waals surface area (Å²) in [7, 11) is 0. The summed E-state index contributed by atoms with van der Waals surface area (Å²) in [5.41, 5.74) is 2.08. The van der Waals surface area contributed by atoms with Crippen LogP contribution in [0.15, 0.2) is 24.3 Å². The van der Waals surface area contributed by atoms with E-state index < -0.39 is 0 Å². The van der Waals surface area contributed by atoms with Crippen LogP contribution in [0.1, 0.15) is 36.5 Å².